The minimum absolute atomic E-state index is 0.133. The van der Waals surface area contributed by atoms with Crippen molar-refractivity contribution in [2.45, 2.75) is 51.0 Å². The fourth-order valence-corrected chi connectivity index (χ4v) is 5.60. The third-order valence-corrected chi connectivity index (χ3v) is 6.11. The normalized spacial score (nSPS) is 37.6. The first kappa shape index (κ1) is 14.7. The molecule has 0 aromatic carbocycles. The van der Waals surface area contributed by atoms with E-state index in [2.05, 4.69) is 10.3 Å². The number of amides is 2. The van der Waals surface area contributed by atoms with E-state index >= 15 is 0 Å². The third kappa shape index (κ3) is 2.33. The highest BCUT2D eigenvalue weighted by Crippen LogP contribution is 2.61. The molecule has 0 saturated heterocycles. The summed E-state index contributed by atoms with van der Waals surface area (Å²) in [5.41, 5.74) is 6.54. The topological polar surface area (TPSA) is 85.1 Å². The van der Waals surface area contributed by atoms with Crippen molar-refractivity contribution >= 4 is 11.8 Å². The number of hydrogen-bond donors (Lipinski definition) is 2. The van der Waals surface area contributed by atoms with Crippen LogP contribution in [0.15, 0.2) is 18.3 Å². The number of nitrogens with zero attached hydrogens (tertiary/aromatic N) is 1. The quantitative estimate of drug-likeness (QED) is 0.894. The molecule has 2 unspecified atom stereocenters. The molecule has 4 bridgehead atoms. The van der Waals surface area contributed by atoms with E-state index in [0.717, 1.165) is 31.2 Å². The van der Waals surface area contributed by atoms with E-state index in [-0.39, 0.29) is 17.4 Å². The van der Waals surface area contributed by atoms with E-state index in [1.807, 2.05) is 13.0 Å². The molecule has 1 heterocycles. The number of nitrogens with two attached hydrogens (primary N) is 1. The highest BCUT2D eigenvalue weighted by Gasteiger charge is 2.60. The summed E-state index contributed by atoms with van der Waals surface area (Å²) in [5, 5.41) is 3.23. The van der Waals surface area contributed by atoms with Gasteiger partial charge < -0.3 is 11.1 Å². The molecule has 1 aromatic heterocycles. The molecule has 4 aliphatic carbocycles. The first-order valence-electron chi connectivity index (χ1n) is 8.45. The van der Waals surface area contributed by atoms with Crippen LogP contribution in [-0.2, 0) is 4.79 Å². The van der Waals surface area contributed by atoms with E-state index in [9.17, 15) is 9.59 Å². The number of aryl methyl sites for hydroxylation is 1. The summed E-state index contributed by atoms with van der Waals surface area (Å²) in [6, 6.07) is 3.65. The maximum Gasteiger partial charge on any atom is 0.270 e. The van der Waals surface area contributed by atoms with Gasteiger partial charge >= 0.3 is 0 Å². The zero-order valence-electron chi connectivity index (χ0n) is 13.5. The Kier molecular flexibility index (Phi) is 3.06. The summed E-state index contributed by atoms with van der Waals surface area (Å²) in [4.78, 5) is 28.9. The number of pyridine rings is 1. The lowest BCUT2D eigenvalue weighted by Gasteiger charge is -2.61. The summed E-state index contributed by atoms with van der Waals surface area (Å²) in [5.74, 6) is 0.704. The van der Waals surface area contributed by atoms with Crippen LogP contribution < -0.4 is 11.1 Å². The van der Waals surface area contributed by atoms with Crippen molar-refractivity contribution in [3.63, 3.8) is 0 Å². The van der Waals surface area contributed by atoms with E-state index < -0.39 is 5.41 Å². The van der Waals surface area contributed by atoms with Crippen molar-refractivity contribution in [1.29, 1.82) is 0 Å². The number of carbonyl (C=O) groups excluding carboxylic acids is 2. The van der Waals surface area contributed by atoms with Gasteiger partial charge in [0.05, 0.1) is 5.41 Å². The van der Waals surface area contributed by atoms with Crippen LogP contribution in [0.5, 0.6) is 0 Å². The van der Waals surface area contributed by atoms with Crippen LogP contribution in [0, 0.1) is 24.2 Å². The zero-order chi connectivity index (χ0) is 16.2. The monoisotopic (exact) mass is 313 g/mol. The minimum atomic E-state index is -0.405. The number of carbonyl (C=O) groups is 2. The smallest absolute Gasteiger partial charge is 0.270 e. The molecule has 5 nitrogen and oxygen atoms in total. The van der Waals surface area contributed by atoms with Crippen molar-refractivity contribution in [1.82, 2.24) is 10.3 Å². The number of rotatable bonds is 3. The fraction of sp³-hybridized carbons (Fsp3) is 0.611. The average molecular weight is 313 g/mol. The van der Waals surface area contributed by atoms with Gasteiger partial charge in [-0.3, -0.25) is 14.6 Å². The van der Waals surface area contributed by atoms with Crippen LogP contribution in [0.2, 0.25) is 0 Å². The molecule has 1 aromatic rings. The molecular formula is C18H23N3O2. The average Bonchev–Trinajstić information content (AvgIpc) is 2.45. The van der Waals surface area contributed by atoms with Crippen LogP contribution >= 0.6 is 0 Å². The number of nitrogens with one attached hydrogen (secondary N) is 1. The maximum atomic E-state index is 12.6. The van der Waals surface area contributed by atoms with Gasteiger partial charge in [-0.15, -0.1) is 0 Å². The molecule has 23 heavy (non-hydrogen) atoms. The van der Waals surface area contributed by atoms with Gasteiger partial charge in [0, 0.05) is 11.7 Å². The van der Waals surface area contributed by atoms with Gasteiger partial charge in [-0.1, -0.05) is 6.07 Å². The number of primary amides is 1. The van der Waals surface area contributed by atoms with Crippen LogP contribution in [0.25, 0.3) is 0 Å². The largest absolute Gasteiger partial charge is 0.369 e. The van der Waals surface area contributed by atoms with Gasteiger partial charge in [-0.05, 0) is 68.9 Å². The molecule has 3 N–H and O–H groups in total. The molecule has 4 aliphatic rings. The predicted molar refractivity (Wildman–Crippen MR) is 85.5 cm³/mol. The van der Waals surface area contributed by atoms with Crippen molar-refractivity contribution in [2.24, 2.45) is 23.0 Å². The summed E-state index contributed by atoms with van der Waals surface area (Å²) in [6.45, 7) is 1.95. The van der Waals surface area contributed by atoms with Crippen molar-refractivity contribution in [2.75, 3.05) is 0 Å². The van der Waals surface area contributed by atoms with E-state index in [1.54, 1.807) is 12.3 Å². The van der Waals surface area contributed by atoms with Crippen molar-refractivity contribution < 1.29 is 9.59 Å². The van der Waals surface area contributed by atoms with E-state index in [1.165, 1.54) is 6.42 Å². The van der Waals surface area contributed by atoms with Gasteiger partial charge in [0.15, 0.2) is 0 Å². The van der Waals surface area contributed by atoms with Gasteiger partial charge in [0.1, 0.15) is 5.69 Å². The van der Waals surface area contributed by atoms with Crippen LogP contribution in [0.1, 0.15) is 54.6 Å². The van der Waals surface area contributed by atoms with Gasteiger partial charge in [-0.25, -0.2) is 0 Å². The number of aromatic nitrogens is 1. The van der Waals surface area contributed by atoms with Crippen molar-refractivity contribution in [3.05, 3.63) is 29.6 Å². The second-order valence-corrected chi connectivity index (χ2v) is 8.06. The highest BCUT2D eigenvalue weighted by molar-refractivity contribution is 5.93. The molecule has 0 radical (unpaired) electrons. The SMILES string of the molecule is Cc1ccc(C(=O)NC23CC4CC(C2)CC(C(N)=O)(C4)C3)nc1. The Morgan fingerprint density at radius 3 is 2.48 bits per heavy atom. The number of hydrogen-bond acceptors (Lipinski definition) is 3. The second-order valence-electron chi connectivity index (χ2n) is 8.06. The molecule has 2 amide bonds. The first-order valence-corrected chi connectivity index (χ1v) is 8.45. The molecule has 4 fully saturated rings. The predicted octanol–water partition coefficient (Wildman–Crippen LogP) is 1.94. The summed E-state index contributed by atoms with van der Waals surface area (Å²) in [6.07, 6.45) is 7.32. The summed E-state index contributed by atoms with van der Waals surface area (Å²) < 4.78 is 0. The fourth-order valence-electron chi connectivity index (χ4n) is 5.60. The minimum Gasteiger partial charge on any atom is -0.369 e. The zero-order valence-corrected chi connectivity index (χ0v) is 13.5. The maximum absolute atomic E-state index is 12.6. The second kappa shape index (κ2) is 4.79. The molecule has 5 rings (SSSR count). The Bertz CT molecular complexity index is 653. The lowest BCUT2D eigenvalue weighted by Crippen LogP contribution is -2.65. The molecule has 4 saturated carbocycles. The lowest BCUT2D eigenvalue weighted by molar-refractivity contribution is -0.146. The summed E-state index contributed by atoms with van der Waals surface area (Å²) >= 11 is 0. The Morgan fingerprint density at radius 2 is 1.91 bits per heavy atom. The lowest BCUT2D eigenvalue weighted by atomic mass is 9.46. The Morgan fingerprint density at radius 1 is 1.22 bits per heavy atom. The van der Waals surface area contributed by atoms with Crippen LogP contribution in [0.3, 0.4) is 0 Å². The molecule has 0 aliphatic heterocycles. The van der Waals surface area contributed by atoms with E-state index in [4.69, 9.17) is 5.73 Å². The first-order chi connectivity index (χ1) is 10.9. The standard InChI is InChI=1S/C18H23N3O2/c1-11-2-3-14(20-9-11)15(22)21-18-7-12-4-13(8-18)6-17(5-12,10-18)16(19)23/h2-3,9,12-13H,4-8,10H2,1H3,(H2,19,23)(H,21,22). The van der Waals surface area contributed by atoms with Crippen LogP contribution in [0.4, 0.5) is 0 Å². The van der Waals surface area contributed by atoms with E-state index in [0.29, 0.717) is 24.0 Å². The Labute approximate surface area is 136 Å². The molecule has 0 spiro atoms. The molecule has 122 valence electrons. The third-order valence-electron chi connectivity index (χ3n) is 6.11. The molecule has 5 heteroatoms. The molecule has 2 atom stereocenters. The van der Waals surface area contributed by atoms with Crippen LogP contribution in [-0.4, -0.2) is 22.3 Å². The Hall–Kier alpha value is -1.91. The van der Waals surface area contributed by atoms with Gasteiger partial charge in [-0.2, -0.15) is 0 Å². The van der Waals surface area contributed by atoms with Gasteiger partial charge in [0.25, 0.3) is 5.91 Å². The highest BCUT2D eigenvalue weighted by atomic mass is 16.2. The van der Waals surface area contributed by atoms with Crippen molar-refractivity contribution in [3.8, 4) is 0 Å². The molecular weight excluding hydrogens is 290 g/mol. The Balaban J connectivity index is 1.60. The summed E-state index contributed by atoms with van der Waals surface area (Å²) in [7, 11) is 0. The van der Waals surface area contributed by atoms with Gasteiger partial charge in [0.2, 0.25) is 5.91 Å².